The SMILES string of the molecule is C=CC(=O)OCCCCCSc1cc(=S)n(C)c2cc(C)ccc12. The molecule has 3 nitrogen and oxygen atoms in total. The van der Waals surface area contributed by atoms with E-state index >= 15 is 0 Å². The second kappa shape index (κ2) is 9.04. The fraction of sp³-hybridized carbons (Fsp3) is 0.368. The van der Waals surface area contributed by atoms with Crippen LogP contribution in [0.2, 0.25) is 0 Å². The quantitative estimate of drug-likeness (QED) is 0.212. The summed E-state index contributed by atoms with van der Waals surface area (Å²) in [6.07, 6.45) is 4.20. The Bertz CT molecular complexity index is 796. The second-order valence-electron chi connectivity index (χ2n) is 5.71. The number of unbranched alkanes of at least 4 members (excludes halogenated alkanes) is 2. The molecule has 0 bridgehead atoms. The van der Waals surface area contributed by atoms with E-state index < -0.39 is 0 Å². The fourth-order valence-electron chi connectivity index (χ4n) is 2.45. The molecule has 0 spiro atoms. The van der Waals surface area contributed by atoms with Crippen molar-refractivity contribution in [2.45, 2.75) is 31.1 Å². The van der Waals surface area contributed by atoms with Gasteiger partial charge in [-0.05, 0) is 49.6 Å². The van der Waals surface area contributed by atoms with Crippen molar-refractivity contribution in [3.8, 4) is 0 Å². The number of thioether (sulfide) groups is 1. The van der Waals surface area contributed by atoms with Crippen LogP contribution in [0.3, 0.4) is 0 Å². The van der Waals surface area contributed by atoms with Crippen LogP contribution in [0.15, 0.2) is 41.8 Å². The van der Waals surface area contributed by atoms with Gasteiger partial charge >= 0.3 is 5.97 Å². The van der Waals surface area contributed by atoms with Gasteiger partial charge in [0.25, 0.3) is 0 Å². The fourth-order valence-corrected chi connectivity index (χ4v) is 3.83. The molecule has 0 N–H and O–H groups in total. The Labute approximate surface area is 152 Å². The zero-order valence-electron chi connectivity index (χ0n) is 14.2. The third kappa shape index (κ3) is 4.95. The highest BCUT2D eigenvalue weighted by molar-refractivity contribution is 7.99. The van der Waals surface area contributed by atoms with Crippen LogP contribution in [0.4, 0.5) is 0 Å². The van der Waals surface area contributed by atoms with Crippen LogP contribution in [0.1, 0.15) is 24.8 Å². The summed E-state index contributed by atoms with van der Waals surface area (Å²) in [6.45, 7) is 5.94. The Morgan fingerprint density at radius 1 is 1.33 bits per heavy atom. The van der Waals surface area contributed by atoms with Crippen molar-refractivity contribution in [2.75, 3.05) is 12.4 Å². The number of hydrogen-bond acceptors (Lipinski definition) is 4. The maximum atomic E-state index is 10.9. The normalized spacial score (nSPS) is 10.8. The Morgan fingerprint density at radius 3 is 2.88 bits per heavy atom. The number of aromatic nitrogens is 1. The van der Waals surface area contributed by atoms with E-state index in [-0.39, 0.29) is 5.97 Å². The maximum absolute atomic E-state index is 10.9. The zero-order valence-corrected chi connectivity index (χ0v) is 15.8. The van der Waals surface area contributed by atoms with Crippen LogP contribution in [0.25, 0.3) is 10.9 Å². The number of rotatable bonds is 8. The minimum absolute atomic E-state index is 0.346. The highest BCUT2D eigenvalue weighted by Crippen LogP contribution is 2.29. The lowest BCUT2D eigenvalue weighted by Gasteiger charge is -2.12. The molecule has 0 aliphatic rings. The molecule has 0 saturated heterocycles. The molecular weight excluding hydrogens is 338 g/mol. The summed E-state index contributed by atoms with van der Waals surface area (Å²) in [4.78, 5) is 12.2. The van der Waals surface area contributed by atoms with E-state index in [4.69, 9.17) is 17.0 Å². The first kappa shape index (κ1) is 18.7. The molecule has 0 aliphatic heterocycles. The summed E-state index contributed by atoms with van der Waals surface area (Å²) in [5.74, 6) is 0.683. The number of esters is 1. The molecule has 1 heterocycles. The molecule has 2 aromatic rings. The summed E-state index contributed by atoms with van der Waals surface area (Å²) in [7, 11) is 2.02. The van der Waals surface area contributed by atoms with E-state index in [1.165, 1.54) is 27.4 Å². The molecule has 0 amide bonds. The van der Waals surface area contributed by atoms with E-state index in [1.807, 2.05) is 18.8 Å². The number of carbonyl (C=O) groups excluding carboxylic acids is 1. The molecule has 0 aliphatic carbocycles. The van der Waals surface area contributed by atoms with E-state index in [2.05, 4.69) is 42.3 Å². The lowest BCUT2D eigenvalue weighted by atomic mass is 10.1. The topological polar surface area (TPSA) is 31.2 Å². The summed E-state index contributed by atoms with van der Waals surface area (Å²) >= 11 is 7.32. The van der Waals surface area contributed by atoms with Gasteiger partial charge in [-0.3, -0.25) is 0 Å². The lowest BCUT2D eigenvalue weighted by molar-refractivity contribution is -0.137. The van der Waals surface area contributed by atoms with Crippen molar-refractivity contribution in [3.05, 3.63) is 47.1 Å². The monoisotopic (exact) mass is 361 g/mol. The van der Waals surface area contributed by atoms with Crippen molar-refractivity contribution < 1.29 is 9.53 Å². The first-order chi connectivity index (χ1) is 11.5. The summed E-state index contributed by atoms with van der Waals surface area (Å²) < 4.78 is 7.89. The van der Waals surface area contributed by atoms with Gasteiger partial charge in [0, 0.05) is 23.4 Å². The van der Waals surface area contributed by atoms with E-state index in [0.29, 0.717) is 6.61 Å². The molecular formula is C19H23NO2S2. The number of benzene rings is 1. The van der Waals surface area contributed by atoms with E-state index in [9.17, 15) is 4.79 Å². The van der Waals surface area contributed by atoms with Crippen molar-refractivity contribution in [2.24, 2.45) is 7.05 Å². The predicted molar refractivity (Wildman–Crippen MR) is 104 cm³/mol. The van der Waals surface area contributed by atoms with Crippen LogP contribution < -0.4 is 0 Å². The molecule has 0 unspecified atom stereocenters. The number of hydrogen-bond donors (Lipinski definition) is 0. The average molecular weight is 362 g/mol. The largest absolute Gasteiger partial charge is 0.463 e. The van der Waals surface area contributed by atoms with Crippen molar-refractivity contribution in [1.29, 1.82) is 0 Å². The number of carbonyl (C=O) groups is 1. The average Bonchev–Trinajstić information content (AvgIpc) is 2.57. The van der Waals surface area contributed by atoms with Gasteiger partial charge in [0.1, 0.15) is 4.64 Å². The highest BCUT2D eigenvalue weighted by atomic mass is 32.2. The van der Waals surface area contributed by atoms with Gasteiger partial charge < -0.3 is 9.30 Å². The zero-order chi connectivity index (χ0) is 17.5. The van der Waals surface area contributed by atoms with Crippen LogP contribution >= 0.6 is 24.0 Å². The van der Waals surface area contributed by atoms with E-state index in [1.54, 1.807) is 0 Å². The highest BCUT2D eigenvalue weighted by Gasteiger charge is 2.06. The molecule has 0 radical (unpaired) electrons. The van der Waals surface area contributed by atoms with Gasteiger partial charge in [0.2, 0.25) is 0 Å². The smallest absolute Gasteiger partial charge is 0.330 e. The van der Waals surface area contributed by atoms with E-state index in [0.717, 1.165) is 29.7 Å². The van der Waals surface area contributed by atoms with Gasteiger partial charge in [-0.1, -0.05) is 30.9 Å². The van der Waals surface area contributed by atoms with Crippen molar-refractivity contribution in [1.82, 2.24) is 4.57 Å². The molecule has 0 atom stereocenters. The van der Waals surface area contributed by atoms with Crippen molar-refractivity contribution in [3.63, 3.8) is 0 Å². The van der Waals surface area contributed by atoms with Crippen LogP contribution in [-0.4, -0.2) is 22.9 Å². The Hall–Kier alpha value is -1.59. The second-order valence-corrected chi connectivity index (χ2v) is 7.26. The van der Waals surface area contributed by atoms with Crippen molar-refractivity contribution >= 4 is 40.9 Å². The third-order valence-electron chi connectivity index (χ3n) is 3.82. The Morgan fingerprint density at radius 2 is 2.12 bits per heavy atom. The molecule has 5 heteroatoms. The first-order valence-electron chi connectivity index (χ1n) is 8.05. The minimum Gasteiger partial charge on any atom is -0.463 e. The molecule has 0 saturated carbocycles. The van der Waals surface area contributed by atoms with Gasteiger partial charge in [0.05, 0.1) is 12.1 Å². The lowest BCUT2D eigenvalue weighted by Crippen LogP contribution is -2.01. The van der Waals surface area contributed by atoms with Gasteiger partial charge in [-0.25, -0.2) is 4.79 Å². The number of fused-ring (bicyclic) bond motifs is 1. The summed E-state index contributed by atoms with van der Waals surface area (Å²) in [5, 5.41) is 1.25. The number of nitrogens with zero attached hydrogens (tertiary/aromatic N) is 1. The molecule has 2 rings (SSSR count). The molecule has 24 heavy (non-hydrogen) atoms. The summed E-state index contributed by atoms with van der Waals surface area (Å²) in [5.41, 5.74) is 2.42. The van der Waals surface area contributed by atoms with Gasteiger partial charge in [-0.2, -0.15) is 0 Å². The number of ether oxygens (including phenoxy) is 1. The summed E-state index contributed by atoms with van der Waals surface area (Å²) in [6, 6.07) is 8.59. The number of pyridine rings is 1. The first-order valence-corrected chi connectivity index (χ1v) is 9.44. The van der Waals surface area contributed by atoms with Crippen LogP contribution in [-0.2, 0) is 16.6 Å². The number of aryl methyl sites for hydroxylation is 2. The third-order valence-corrected chi connectivity index (χ3v) is 5.36. The maximum Gasteiger partial charge on any atom is 0.330 e. The molecule has 0 fully saturated rings. The standard InChI is InChI=1S/C19H23NO2S2/c1-4-19(21)22-10-6-5-7-11-24-17-13-18(23)20(3)16-12-14(2)8-9-15(16)17/h4,8-9,12-13H,1,5-7,10-11H2,2-3H3. The Balaban J connectivity index is 1.91. The minimum atomic E-state index is -0.346. The van der Waals surface area contributed by atoms with Crippen LogP contribution in [0.5, 0.6) is 0 Å². The van der Waals surface area contributed by atoms with Crippen LogP contribution in [0, 0.1) is 11.6 Å². The molecule has 128 valence electrons. The molecule has 1 aromatic carbocycles. The van der Waals surface area contributed by atoms with Gasteiger partial charge in [-0.15, -0.1) is 11.8 Å². The van der Waals surface area contributed by atoms with Gasteiger partial charge in [0.15, 0.2) is 0 Å². The molecule has 1 aromatic heterocycles. The Kier molecular flexibility index (Phi) is 7.06. The predicted octanol–water partition coefficient (Wildman–Crippen LogP) is 5.21.